The predicted octanol–water partition coefficient (Wildman–Crippen LogP) is 2.65. The van der Waals surface area contributed by atoms with Crippen molar-refractivity contribution in [1.82, 2.24) is 4.90 Å². The first kappa shape index (κ1) is 28.7. The van der Waals surface area contributed by atoms with Crippen LogP contribution in [0.15, 0.2) is 98.4 Å². The zero-order chi connectivity index (χ0) is 26.8. The zero-order valence-electron chi connectivity index (χ0n) is 23.7. The second kappa shape index (κ2) is 10.0. The molecule has 5 heterocycles. The summed E-state index contributed by atoms with van der Waals surface area (Å²) in [7, 11) is 8.61. The average Bonchev–Trinajstić information content (AvgIpc) is 3.24. The second-order valence-electron chi connectivity index (χ2n) is 12.2. The van der Waals surface area contributed by atoms with Crippen molar-refractivity contribution in [2.24, 2.45) is 22.4 Å². The summed E-state index contributed by atoms with van der Waals surface area (Å²) in [6, 6.07) is 4.26. The Kier molecular flexibility index (Phi) is 7.58. The van der Waals surface area contributed by atoms with Crippen molar-refractivity contribution >= 4 is 29.0 Å². The van der Waals surface area contributed by atoms with E-state index in [1.165, 1.54) is 11.1 Å². The summed E-state index contributed by atoms with van der Waals surface area (Å²) in [5, 5.41) is 0.837. The Balaban J connectivity index is 0.00000336. The van der Waals surface area contributed by atoms with Crippen LogP contribution in [0.5, 0.6) is 0 Å². The van der Waals surface area contributed by atoms with Gasteiger partial charge in [0.1, 0.15) is 18.9 Å². The van der Waals surface area contributed by atoms with E-state index >= 15 is 0 Å². The van der Waals surface area contributed by atoms with Crippen molar-refractivity contribution in [3.8, 4) is 0 Å². The Bertz CT molecular complexity index is 1430. The number of rotatable bonds is 3. The van der Waals surface area contributed by atoms with Crippen molar-refractivity contribution in [3.05, 3.63) is 94.0 Å². The highest BCUT2D eigenvalue weighted by Crippen LogP contribution is 2.44. The third kappa shape index (κ3) is 4.91. The molecule has 0 aromatic carbocycles. The summed E-state index contributed by atoms with van der Waals surface area (Å²) in [6.07, 6.45) is 17.0. The quantitative estimate of drug-likeness (QED) is 0.284. The first-order valence-electron chi connectivity index (χ1n) is 12.9. The molecule has 0 saturated heterocycles. The van der Waals surface area contributed by atoms with Crippen LogP contribution in [0.1, 0.15) is 33.3 Å². The van der Waals surface area contributed by atoms with Gasteiger partial charge in [-0.05, 0) is 55.3 Å². The number of aryl methyl sites for hydroxylation is 1. The third-order valence-corrected chi connectivity index (χ3v) is 8.51. The predicted molar refractivity (Wildman–Crippen MR) is 154 cm³/mol. The maximum Gasteiger partial charge on any atom is 0.327 e. The number of pyridine rings is 1. The van der Waals surface area contributed by atoms with Gasteiger partial charge in [-0.2, -0.15) is 0 Å². The lowest BCUT2D eigenvalue weighted by Gasteiger charge is -2.35. The molecule has 7 heteroatoms. The first-order chi connectivity index (χ1) is 17.3. The molecule has 0 spiro atoms. The molecule has 0 saturated carbocycles. The number of hydrogen-bond acceptors (Lipinski definition) is 3. The fourth-order valence-electron chi connectivity index (χ4n) is 5.67. The molecule has 0 amide bonds. The Hall–Kier alpha value is -2.29. The maximum atomic E-state index is 7.06. The average molecular weight is 643 g/mol. The summed E-state index contributed by atoms with van der Waals surface area (Å²) >= 11 is 7.06. The van der Waals surface area contributed by atoms with Gasteiger partial charge >= 0.3 is 5.82 Å². The molecule has 200 valence electrons. The fourth-order valence-corrected chi connectivity index (χ4v) is 5.92. The Morgan fingerprint density at radius 1 is 1.05 bits per heavy atom. The molecular weight excluding hydrogens is 605 g/mol. The Morgan fingerprint density at radius 3 is 2.47 bits per heavy atom. The van der Waals surface area contributed by atoms with Crippen LogP contribution in [0, 0.1) is 5.41 Å². The van der Waals surface area contributed by atoms with Gasteiger partial charge in [-0.3, -0.25) is 0 Å². The van der Waals surface area contributed by atoms with E-state index in [0.717, 1.165) is 56.8 Å². The third-order valence-electron chi connectivity index (χ3n) is 8.02. The van der Waals surface area contributed by atoms with Crippen molar-refractivity contribution in [1.29, 1.82) is 0 Å². The van der Waals surface area contributed by atoms with Crippen LogP contribution < -0.4 is 28.5 Å². The first-order valence-corrected chi connectivity index (χ1v) is 13.3. The molecule has 38 heavy (non-hydrogen) atoms. The molecule has 4 aliphatic rings. The Morgan fingerprint density at radius 2 is 1.79 bits per heavy atom. The van der Waals surface area contributed by atoms with E-state index in [1.54, 1.807) is 0 Å². The number of quaternary nitrogens is 1. The van der Waals surface area contributed by atoms with Gasteiger partial charge in [-0.15, -0.1) is 0 Å². The van der Waals surface area contributed by atoms with Gasteiger partial charge in [0, 0.05) is 35.4 Å². The van der Waals surface area contributed by atoms with Crippen LogP contribution in [-0.4, -0.2) is 55.2 Å². The van der Waals surface area contributed by atoms with Crippen LogP contribution in [-0.2, 0) is 12.5 Å². The molecule has 4 aliphatic heterocycles. The highest BCUT2D eigenvalue weighted by atomic mass is 127. The van der Waals surface area contributed by atoms with Gasteiger partial charge in [-0.25, -0.2) is 9.56 Å². The molecular formula is C31H38ClIN5+. The summed E-state index contributed by atoms with van der Waals surface area (Å²) in [6.45, 7) is 10.7. The van der Waals surface area contributed by atoms with E-state index in [2.05, 4.69) is 99.8 Å². The molecule has 0 unspecified atom stereocenters. The highest BCUT2D eigenvalue weighted by molar-refractivity contribution is 6.32. The van der Waals surface area contributed by atoms with Gasteiger partial charge in [-0.1, -0.05) is 37.6 Å². The normalized spacial score (nSPS) is 24.9. The topological polar surface area (TPSA) is 31.8 Å². The van der Waals surface area contributed by atoms with Crippen molar-refractivity contribution < 1.29 is 33.0 Å². The van der Waals surface area contributed by atoms with Crippen LogP contribution in [0.4, 0.5) is 5.82 Å². The minimum absolute atomic E-state index is 0. The molecule has 5 rings (SSSR count). The number of allylic oxidation sites excluding steroid dienone is 6. The summed E-state index contributed by atoms with van der Waals surface area (Å²) in [5.74, 6) is 2.05. The number of likely N-dealkylation sites (N-methyl/N-ethyl adjacent to an activating group) is 2. The number of fused-ring (bicyclic) bond motifs is 2. The lowest BCUT2D eigenvalue weighted by Crippen LogP contribution is -3.00. The van der Waals surface area contributed by atoms with Gasteiger partial charge < -0.3 is 33.4 Å². The lowest BCUT2D eigenvalue weighted by atomic mass is 9.81. The van der Waals surface area contributed by atoms with E-state index in [0.29, 0.717) is 0 Å². The van der Waals surface area contributed by atoms with Crippen LogP contribution in [0.25, 0.3) is 0 Å². The van der Waals surface area contributed by atoms with Crippen LogP contribution in [0.2, 0.25) is 0 Å². The standard InChI is InChI=1S/C31H38ClN5.HI/c1-30(2)23-11-9-17-35(5)28(23)33-25(30)15-13-21-19-37(7,8)20-22(27(21)32)14-16-26-31(3,4)24-12-10-18-36(6)29(24)34-26;/h9-18H,19-20H2,1-8H3;1H/q+2;/p-1. The smallest absolute Gasteiger partial charge is 0.327 e. The van der Waals surface area contributed by atoms with E-state index < -0.39 is 0 Å². The molecule has 0 radical (unpaired) electrons. The maximum absolute atomic E-state index is 7.06. The Labute approximate surface area is 249 Å². The van der Waals surface area contributed by atoms with Gasteiger partial charge in [0.25, 0.3) is 0 Å². The molecule has 0 atom stereocenters. The van der Waals surface area contributed by atoms with E-state index in [4.69, 9.17) is 21.6 Å². The van der Waals surface area contributed by atoms with E-state index in [-0.39, 0.29) is 34.8 Å². The lowest BCUT2D eigenvalue weighted by molar-refractivity contribution is -0.881. The summed E-state index contributed by atoms with van der Waals surface area (Å²) in [4.78, 5) is 12.1. The molecule has 0 N–H and O–H groups in total. The molecule has 1 aromatic heterocycles. The SMILES string of the molecule is CN1C=CC=C2C1=NC(=CC=C1C[N+](C)(C)CC(C=CC3=Nc4c(ccc[n+]4C)C3(C)C)=C1Cl)C2(C)C.[I-]. The molecule has 0 aliphatic carbocycles. The highest BCUT2D eigenvalue weighted by Gasteiger charge is 2.42. The minimum Gasteiger partial charge on any atom is -1.00 e. The fraction of sp³-hybridized carbons (Fsp3) is 0.387. The molecule has 0 fully saturated rings. The second-order valence-corrected chi connectivity index (χ2v) is 12.6. The van der Waals surface area contributed by atoms with Crippen molar-refractivity contribution in [2.45, 2.75) is 33.1 Å². The monoisotopic (exact) mass is 642 g/mol. The number of amidine groups is 1. The van der Waals surface area contributed by atoms with Crippen molar-refractivity contribution in [3.63, 3.8) is 0 Å². The summed E-state index contributed by atoms with van der Waals surface area (Å²) < 4.78 is 2.93. The van der Waals surface area contributed by atoms with Gasteiger partial charge in [0.15, 0.2) is 5.71 Å². The van der Waals surface area contributed by atoms with E-state index in [9.17, 15) is 0 Å². The number of halogens is 2. The number of aromatic nitrogens is 1. The van der Waals surface area contributed by atoms with Gasteiger partial charge in [0.2, 0.25) is 0 Å². The number of nitrogens with zero attached hydrogens (tertiary/aromatic N) is 5. The molecule has 5 nitrogen and oxygen atoms in total. The molecule has 0 bridgehead atoms. The van der Waals surface area contributed by atoms with Crippen LogP contribution in [0.3, 0.4) is 0 Å². The minimum atomic E-state index is -0.152. The summed E-state index contributed by atoms with van der Waals surface area (Å²) in [5.41, 5.74) is 6.59. The molecule has 1 aromatic rings. The van der Waals surface area contributed by atoms with Crippen LogP contribution >= 0.6 is 11.6 Å². The van der Waals surface area contributed by atoms with Gasteiger partial charge in [0.05, 0.1) is 49.0 Å². The van der Waals surface area contributed by atoms with E-state index in [1.807, 2.05) is 26.5 Å². The zero-order valence-corrected chi connectivity index (χ0v) is 26.6. The number of hydrogen-bond donors (Lipinski definition) is 0. The number of aliphatic imine (C=N–C) groups is 2. The van der Waals surface area contributed by atoms with Crippen molar-refractivity contribution in [2.75, 3.05) is 34.2 Å². The largest absolute Gasteiger partial charge is 1.00 e.